The summed E-state index contributed by atoms with van der Waals surface area (Å²) in [6, 6.07) is 15.6. The van der Waals surface area contributed by atoms with Crippen LogP contribution in [0.25, 0.3) is 0 Å². The van der Waals surface area contributed by atoms with E-state index < -0.39 is 0 Å². The van der Waals surface area contributed by atoms with E-state index in [0.29, 0.717) is 25.7 Å². The molecule has 146 valence electrons. The van der Waals surface area contributed by atoms with Crippen molar-refractivity contribution in [3.63, 3.8) is 0 Å². The maximum atomic E-state index is 5.95. The molecule has 0 heterocycles. The summed E-state index contributed by atoms with van der Waals surface area (Å²) in [6.07, 6.45) is -0.0545. The molecule has 27 heavy (non-hydrogen) atoms. The van der Waals surface area contributed by atoms with Crippen LogP contribution in [0, 0.1) is 0 Å². The van der Waals surface area contributed by atoms with E-state index in [1.165, 1.54) is 0 Å². The zero-order chi connectivity index (χ0) is 19.5. The summed E-state index contributed by atoms with van der Waals surface area (Å²) in [6.45, 7) is 5.90. The Hall–Kier alpha value is -2.89. The Morgan fingerprint density at radius 3 is 2.56 bits per heavy atom. The van der Waals surface area contributed by atoms with Gasteiger partial charge in [-0.05, 0) is 43.7 Å². The molecule has 2 rings (SSSR count). The molecule has 2 aromatic rings. The highest BCUT2D eigenvalue weighted by molar-refractivity contribution is 5.79. The van der Waals surface area contributed by atoms with Crippen LogP contribution in [-0.2, 0) is 6.54 Å². The number of guanidine groups is 1. The molecule has 2 N–H and O–H groups in total. The molecule has 6 heteroatoms. The van der Waals surface area contributed by atoms with Crippen molar-refractivity contribution < 1.29 is 14.2 Å². The molecular formula is C21H29N3O3. The second kappa shape index (κ2) is 11.0. The van der Waals surface area contributed by atoms with Crippen LogP contribution in [0.1, 0.15) is 19.4 Å². The summed E-state index contributed by atoms with van der Waals surface area (Å²) in [5.41, 5.74) is 1.13. The smallest absolute Gasteiger partial charge is 0.191 e. The Bertz CT molecular complexity index is 734. The highest BCUT2D eigenvalue weighted by Gasteiger charge is 2.09. The van der Waals surface area contributed by atoms with Gasteiger partial charge in [0.05, 0.1) is 20.3 Å². The summed E-state index contributed by atoms with van der Waals surface area (Å²) in [5, 5.41) is 6.58. The third-order valence-corrected chi connectivity index (χ3v) is 3.85. The second-order valence-corrected chi connectivity index (χ2v) is 5.97. The van der Waals surface area contributed by atoms with Gasteiger partial charge in [-0.15, -0.1) is 0 Å². The normalized spacial score (nSPS) is 12.2. The van der Waals surface area contributed by atoms with Crippen molar-refractivity contribution >= 4 is 5.96 Å². The first-order valence-corrected chi connectivity index (χ1v) is 9.12. The van der Waals surface area contributed by atoms with Gasteiger partial charge >= 0.3 is 0 Å². The van der Waals surface area contributed by atoms with E-state index in [2.05, 4.69) is 21.7 Å². The highest BCUT2D eigenvalue weighted by atomic mass is 16.5. The Morgan fingerprint density at radius 1 is 1.07 bits per heavy atom. The summed E-state index contributed by atoms with van der Waals surface area (Å²) in [7, 11) is 3.38. The van der Waals surface area contributed by atoms with Crippen molar-refractivity contribution in [3.05, 3.63) is 54.1 Å². The quantitative estimate of drug-likeness (QED) is 0.523. The van der Waals surface area contributed by atoms with Gasteiger partial charge in [0.1, 0.15) is 11.9 Å². The van der Waals surface area contributed by atoms with Crippen LogP contribution in [0.15, 0.2) is 53.5 Å². The molecule has 0 spiro atoms. The largest absolute Gasteiger partial charge is 0.494 e. The Labute approximate surface area is 161 Å². The van der Waals surface area contributed by atoms with E-state index in [1.54, 1.807) is 14.2 Å². The first kappa shape index (κ1) is 20.4. The average Bonchev–Trinajstić information content (AvgIpc) is 2.69. The number of ether oxygens (including phenoxy) is 3. The third kappa shape index (κ3) is 6.73. The first-order chi connectivity index (χ1) is 13.2. The van der Waals surface area contributed by atoms with Crippen LogP contribution in [0.2, 0.25) is 0 Å². The molecule has 0 aromatic heterocycles. The topological polar surface area (TPSA) is 64.1 Å². The fraction of sp³-hybridized carbons (Fsp3) is 0.381. The van der Waals surface area contributed by atoms with E-state index in [1.807, 2.05) is 56.3 Å². The van der Waals surface area contributed by atoms with Crippen molar-refractivity contribution in [1.29, 1.82) is 0 Å². The van der Waals surface area contributed by atoms with Crippen molar-refractivity contribution in [2.75, 3.05) is 27.3 Å². The Morgan fingerprint density at radius 2 is 1.85 bits per heavy atom. The van der Waals surface area contributed by atoms with Gasteiger partial charge in [0.2, 0.25) is 0 Å². The van der Waals surface area contributed by atoms with Gasteiger partial charge in [0.25, 0.3) is 0 Å². The average molecular weight is 371 g/mol. The lowest BCUT2D eigenvalue weighted by Gasteiger charge is -2.19. The number of hydrogen-bond donors (Lipinski definition) is 2. The van der Waals surface area contributed by atoms with Gasteiger partial charge in [-0.1, -0.05) is 24.3 Å². The lowest BCUT2D eigenvalue weighted by atomic mass is 10.2. The molecule has 0 fully saturated rings. The lowest BCUT2D eigenvalue weighted by Crippen LogP contribution is -2.41. The number of hydrogen-bond acceptors (Lipinski definition) is 4. The van der Waals surface area contributed by atoms with Crippen LogP contribution in [0.4, 0.5) is 0 Å². The standard InChI is InChI=1S/C21H29N3O3/c1-5-26-18-10-8-9-17(13-18)15-24-21(22-3)23-14-16(2)27-20-12-7-6-11-19(20)25-4/h6-13,16H,5,14-15H2,1-4H3,(H2,22,23,24). The van der Waals surface area contributed by atoms with Gasteiger partial charge in [0, 0.05) is 13.6 Å². The number of benzene rings is 2. The third-order valence-electron chi connectivity index (χ3n) is 3.85. The molecule has 6 nitrogen and oxygen atoms in total. The predicted molar refractivity (Wildman–Crippen MR) is 109 cm³/mol. The second-order valence-electron chi connectivity index (χ2n) is 5.97. The maximum absolute atomic E-state index is 5.95. The maximum Gasteiger partial charge on any atom is 0.191 e. The lowest BCUT2D eigenvalue weighted by molar-refractivity contribution is 0.213. The summed E-state index contributed by atoms with van der Waals surface area (Å²) in [5.74, 6) is 3.04. The van der Waals surface area contributed by atoms with E-state index >= 15 is 0 Å². The molecule has 0 aliphatic carbocycles. The van der Waals surface area contributed by atoms with E-state index in [-0.39, 0.29) is 6.10 Å². The van der Waals surface area contributed by atoms with Gasteiger partial charge in [-0.2, -0.15) is 0 Å². The molecule has 1 atom stereocenters. The highest BCUT2D eigenvalue weighted by Crippen LogP contribution is 2.26. The van der Waals surface area contributed by atoms with Gasteiger partial charge in [-0.25, -0.2) is 0 Å². The number of aliphatic imine (C=N–C) groups is 1. The Balaban J connectivity index is 1.82. The van der Waals surface area contributed by atoms with Crippen LogP contribution >= 0.6 is 0 Å². The van der Waals surface area contributed by atoms with E-state index in [0.717, 1.165) is 22.8 Å². The predicted octanol–water partition coefficient (Wildman–Crippen LogP) is 3.23. The minimum Gasteiger partial charge on any atom is -0.494 e. The number of methoxy groups -OCH3 is 1. The summed E-state index contributed by atoms with van der Waals surface area (Å²) >= 11 is 0. The van der Waals surface area contributed by atoms with Crippen molar-refractivity contribution in [3.8, 4) is 17.2 Å². The van der Waals surface area contributed by atoms with Crippen LogP contribution in [0.3, 0.4) is 0 Å². The molecule has 2 aromatic carbocycles. The summed E-state index contributed by atoms with van der Waals surface area (Å²) < 4.78 is 16.8. The zero-order valence-electron chi connectivity index (χ0n) is 16.5. The Kier molecular flexibility index (Phi) is 8.29. The molecule has 1 unspecified atom stereocenters. The fourth-order valence-corrected chi connectivity index (χ4v) is 2.53. The number of nitrogens with one attached hydrogen (secondary N) is 2. The molecule has 0 amide bonds. The monoisotopic (exact) mass is 371 g/mol. The zero-order valence-corrected chi connectivity index (χ0v) is 16.5. The fourth-order valence-electron chi connectivity index (χ4n) is 2.53. The molecule has 0 aliphatic heterocycles. The number of para-hydroxylation sites is 2. The molecule has 0 radical (unpaired) electrons. The molecule has 0 saturated carbocycles. The van der Waals surface area contributed by atoms with Gasteiger partial charge < -0.3 is 24.8 Å². The molecule has 0 bridgehead atoms. The molecule has 0 saturated heterocycles. The van der Waals surface area contributed by atoms with Crippen LogP contribution in [-0.4, -0.2) is 39.4 Å². The van der Waals surface area contributed by atoms with Crippen LogP contribution < -0.4 is 24.8 Å². The van der Waals surface area contributed by atoms with Gasteiger partial charge in [0.15, 0.2) is 17.5 Å². The number of rotatable bonds is 9. The minimum atomic E-state index is -0.0545. The van der Waals surface area contributed by atoms with Crippen molar-refractivity contribution in [1.82, 2.24) is 10.6 Å². The van der Waals surface area contributed by atoms with E-state index in [4.69, 9.17) is 14.2 Å². The number of nitrogens with zero attached hydrogens (tertiary/aromatic N) is 1. The first-order valence-electron chi connectivity index (χ1n) is 9.12. The van der Waals surface area contributed by atoms with Crippen molar-refractivity contribution in [2.24, 2.45) is 4.99 Å². The SMILES string of the molecule is CCOc1cccc(CNC(=NC)NCC(C)Oc2ccccc2OC)c1. The summed E-state index contributed by atoms with van der Waals surface area (Å²) in [4.78, 5) is 4.26. The van der Waals surface area contributed by atoms with Crippen LogP contribution in [0.5, 0.6) is 17.2 Å². The molecular weight excluding hydrogens is 342 g/mol. The minimum absolute atomic E-state index is 0.0545. The van der Waals surface area contributed by atoms with Crippen molar-refractivity contribution in [2.45, 2.75) is 26.5 Å². The van der Waals surface area contributed by atoms with E-state index in [9.17, 15) is 0 Å². The van der Waals surface area contributed by atoms with Gasteiger partial charge in [-0.3, -0.25) is 4.99 Å². The molecule has 0 aliphatic rings.